The van der Waals surface area contributed by atoms with Crippen LogP contribution in [0.4, 0.5) is 5.69 Å². The molecular formula is C16H13BrN4O2. The van der Waals surface area contributed by atoms with Crippen molar-refractivity contribution in [1.29, 1.82) is 0 Å². The van der Waals surface area contributed by atoms with Crippen molar-refractivity contribution in [2.45, 2.75) is 13.5 Å². The van der Waals surface area contributed by atoms with Crippen LogP contribution in [0.5, 0.6) is 0 Å². The van der Waals surface area contributed by atoms with E-state index in [1.165, 1.54) is 0 Å². The fraction of sp³-hybridized carbons (Fsp3) is 0.125. The lowest BCUT2D eigenvalue weighted by molar-refractivity contribution is -0.117. The maximum Gasteiger partial charge on any atom is 0.278 e. The van der Waals surface area contributed by atoms with Gasteiger partial charge in [0, 0.05) is 10.2 Å². The molecule has 7 heteroatoms. The molecule has 0 aliphatic rings. The van der Waals surface area contributed by atoms with E-state index in [0.29, 0.717) is 16.6 Å². The molecule has 116 valence electrons. The van der Waals surface area contributed by atoms with Gasteiger partial charge < -0.3 is 5.32 Å². The molecule has 3 rings (SSSR count). The number of carbonyl (C=O) groups excluding carboxylic acids is 1. The van der Waals surface area contributed by atoms with E-state index in [-0.39, 0.29) is 18.0 Å². The summed E-state index contributed by atoms with van der Waals surface area (Å²) in [6.07, 6.45) is 0. The fourth-order valence-corrected chi connectivity index (χ4v) is 2.51. The number of carbonyl (C=O) groups is 1. The molecule has 0 atom stereocenters. The lowest BCUT2D eigenvalue weighted by Gasteiger charge is -2.08. The molecule has 23 heavy (non-hydrogen) atoms. The normalized spacial score (nSPS) is 10.7. The molecule has 0 saturated heterocycles. The lowest BCUT2D eigenvalue weighted by atomic mass is 10.2. The zero-order chi connectivity index (χ0) is 16.4. The number of aryl methyl sites for hydroxylation is 1. The molecule has 0 radical (unpaired) electrons. The number of nitrogens with one attached hydrogen (secondary N) is 1. The van der Waals surface area contributed by atoms with Gasteiger partial charge in [-0.25, -0.2) is 4.68 Å². The monoisotopic (exact) mass is 372 g/mol. The van der Waals surface area contributed by atoms with E-state index >= 15 is 0 Å². The highest BCUT2D eigenvalue weighted by Crippen LogP contribution is 2.20. The molecule has 3 aromatic rings. The second kappa shape index (κ2) is 6.29. The van der Waals surface area contributed by atoms with Crippen LogP contribution in [0.25, 0.3) is 10.9 Å². The summed E-state index contributed by atoms with van der Waals surface area (Å²) >= 11 is 3.41. The number of aromatic nitrogens is 3. The number of amides is 1. The lowest BCUT2D eigenvalue weighted by Crippen LogP contribution is -2.30. The number of hydrogen-bond acceptors (Lipinski definition) is 4. The summed E-state index contributed by atoms with van der Waals surface area (Å²) in [5.74, 6) is -0.340. The number of benzene rings is 2. The molecule has 0 spiro atoms. The summed E-state index contributed by atoms with van der Waals surface area (Å²) < 4.78 is 1.96. The smallest absolute Gasteiger partial charge is 0.278 e. The van der Waals surface area contributed by atoms with E-state index in [1.54, 1.807) is 30.3 Å². The van der Waals surface area contributed by atoms with Gasteiger partial charge in [-0.05, 0) is 36.8 Å². The van der Waals surface area contributed by atoms with E-state index in [4.69, 9.17) is 0 Å². The Morgan fingerprint density at radius 1 is 1.26 bits per heavy atom. The molecule has 0 aliphatic carbocycles. The van der Waals surface area contributed by atoms with Gasteiger partial charge in [0.05, 0.1) is 5.39 Å². The standard InChI is InChI=1S/C16H13BrN4O2/c1-10-6-7-11(8-13(10)17)18-15(22)9-21-16(23)12-4-2-3-5-14(12)19-20-21/h2-8H,9H2,1H3,(H,18,22). The van der Waals surface area contributed by atoms with Crippen molar-refractivity contribution >= 4 is 38.4 Å². The van der Waals surface area contributed by atoms with Crippen LogP contribution in [0.2, 0.25) is 0 Å². The second-order valence-electron chi connectivity index (χ2n) is 5.08. The van der Waals surface area contributed by atoms with Crippen molar-refractivity contribution in [2.24, 2.45) is 0 Å². The summed E-state index contributed by atoms with van der Waals surface area (Å²) in [7, 11) is 0. The molecular weight excluding hydrogens is 360 g/mol. The Bertz CT molecular complexity index is 952. The average molecular weight is 373 g/mol. The minimum absolute atomic E-state index is 0.192. The molecule has 0 bridgehead atoms. The van der Waals surface area contributed by atoms with Gasteiger partial charge in [0.25, 0.3) is 5.56 Å². The first-order valence-corrected chi connectivity index (χ1v) is 7.72. The summed E-state index contributed by atoms with van der Waals surface area (Å²) in [6, 6.07) is 12.4. The Morgan fingerprint density at radius 2 is 2.04 bits per heavy atom. The van der Waals surface area contributed by atoms with Crippen LogP contribution in [-0.4, -0.2) is 20.9 Å². The van der Waals surface area contributed by atoms with Crippen molar-refractivity contribution in [2.75, 3.05) is 5.32 Å². The quantitative estimate of drug-likeness (QED) is 0.766. The molecule has 1 heterocycles. The highest BCUT2D eigenvalue weighted by atomic mass is 79.9. The third-order valence-electron chi connectivity index (χ3n) is 3.38. The van der Waals surface area contributed by atoms with E-state index in [0.717, 1.165) is 14.7 Å². The third-order valence-corrected chi connectivity index (χ3v) is 4.23. The topological polar surface area (TPSA) is 76.9 Å². The van der Waals surface area contributed by atoms with Crippen molar-refractivity contribution in [3.63, 3.8) is 0 Å². The van der Waals surface area contributed by atoms with E-state index in [2.05, 4.69) is 31.6 Å². The molecule has 0 aliphatic heterocycles. The van der Waals surface area contributed by atoms with Crippen LogP contribution in [0, 0.1) is 6.92 Å². The minimum Gasteiger partial charge on any atom is -0.324 e. The van der Waals surface area contributed by atoms with Gasteiger partial charge >= 0.3 is 0 Å². The summed E-state index contributed by atoms with van der Waals surface area (Å²) in [4.78, 5) is 24.4. The van der Waals surface area contributed by atoms with Crippen LogP contribution in [0.1, 0.15) is 5.56 Å². The summed E-state index contributed by atoms with van der Waals surface area (Å²) in [5.41, 5.74) is 1.89. The van der Waals surface area contributed by atoms with Gasteiger partial charge in [-0.1, -0.05) is 39.3 Å². The molecule has 1 aromatic heterocycles. The first-order chi connectivity index (χ1) is 11.0. The second-order valence-corrected chi connectivity index (χ2v) is 5.94. The number of nitrogens with zero attached hydrogens (tertiary/aromatic N) is 3. The van der Waals surface area contributed by atoms with Crippen molar-refractivity contribution in [1.82, 2.24) is 15.0 Å². The maximum atomic E-state index is 12.3. The van der Waals surface area contributed by atoms with Crippen LogP contribution in [0.15, 0.2) is 51.7 Å². The van der Waals surface area contributed by atoms with Crippen LogP contribution >= 0.6 is 15.9 Å². The first kappa shape index (κ1) is 15.4. The van der Waals surface area contributed by atoms with Crippen molar-refractivity contribution in [3.05, 3.63) is 62.9 Å². The molecule has 1 N–H and O–H groups in total. The molecule has 1 amide bonds. The summed E-state index contributed by atoms with van der Waals surface area (Å²) in [6.45, 7) is 1.77. The van der Waals surface area contributed by atoms with Gasteiger partial charge in [0.2, 0.25) is 5.91 Å². The highest BCUT2D eigenvalue weighted by Gasteiger charge is 2.10. The highest BCUT2D eigenvalue weighted by molar-refractivity contribution is 9.10. The van der Waals surface area contributed by atoms with E-state index in [1.807, 2.05) is 19.1 Å². The Hall–Kier alpha value is -2.54. The maximum absolute atomic E-state index is 12.3. The Balaban J connectivity index is 1.81. The first-order valence-electron chi connectivity index (χ1n) is 6.93. The SMILES string of the molecule is Cc1ccc(NC(=O)Cn2nnc3ccccc3c2=O)cc1Br. The molecule has 2 aromatic carbocycles. The van der Waals surface area contributed by atoms with Gasteiger partial charge in [-0.15, -0.1) is 5.10 Å². The number of fused-ring (bicyclic) bond motifs is 1. The van der Waals surface area contributed by atoms with E-state index < -0.39 is 0 Å². The van der Waals surface area contributed by atoms with Gasteiger partial charge in [-0.3, -0.25) is 9.59 Å². The summed E-state index contributed by atoms with van der Waals surface area (Å²) in [5, 5.41) is 10.9. The zero-order valence-electron chi connectivity index (χ0n) is 12.3. The molecule has 0 saturated carbocycles. The van der Waals surface area contributed by atoms with Crippen molar-refractivity contribution in [3.8, 4) is 0 Å². The Morgan fingerprint density at radius 3 is 2.83 bits per heavy atom. The predicted octanol–water partition coefficient (Wildman–Crippen LogP) is 2.50. The van der Waals surface area contributed by atoms with Crippen LogP contribution in [0.3, 0.4) is 0 Å². The predicted molar refractivity (Wildman–Crippen MR) is 91.3 cm³/mol. The Kier molecular flexibility index (Phi) is 4.20. The molecule has 0 fully saturated rings. The van der Waals surface area contributed by atoms with Gasteiger partial charge in [0.15, 0.2) is 0 Å². The van der Waals surface area contributed by atoms with Gasteiger partial charge in [-0.2, -0.15) is 0 Å². The van der Waals surface area contributed by atoms with E-state index in [9.17, 15) is 9.59 Å². The van der Waals surface area contributed by atoms with Crippen LogP contribution < -0.4 is 10.9 Å². The molecule has 0 unspecified atom stereocenters. The van der Waals surface area contributed by atoms with Crippen molar-refractivity contribution < 1.29 is 4.79 Å². The number of rotatable bonds is 3. The largest absolute Gasteiger partial charge is 0.324 e. The third kappa shape index (κ3) is 3.29. The minimum atomic E-state index is -0.340. The van der Waals surface area contributed by atoms with Crippen LogP contribution in [-0.2, 0) is 11.3 Å². The fourth-order valence-electron chi connectivity index (χ4n) is 2.13. The average Bonchev–Trinajstić information content (AvgIpc) is 2.54. The van der Waals surface area contributed by atoms with Gasteiger partial charge in [0.1, 0.15) is 12.1 Å². The Labute approximate surface area is 140 Å². The number of hydrogen-bond donors (Lipinski definition) is 1. The number of halogens is 1. The molecule has 6 nitrogen and oxygen atoms in total. The zero-order valence-corrected chi connectivity index (χ0v) is 13.9. The number of anilines is 1.